The molecule has 1 N–H and O–H groups in total. The molecule has 1 saturated heterocycles. The second-order valence-electron chi connectivity index (χ2n) is 5.60. The Bertz CT molecular complexity index is 908. The molecule has 1 atom stereocenters. The van der Waals surface area contributed by atoms with Crippen LogP contribution in [0.25, 0.3) is 10.9 Å². The molecular weight excluding hydrogens is 383 g/mol. The lowest BCUT2D eigenvalue weighted by Gasteiger charge is -2.39. The first-order valence-corrected chi connectivity index (χ1v) is 9.23. The Morgan fingerprint density at radius 1 is 1.54 bits per heavy atom. The van der Waals surface area contributed by atoms with Crippen LogP contribution in [0.1, 0.15) is 6.42 Å². The minimum atomic E-state index is -1.07. The van der Waals surface area contributed by atoms with Crippen LogP contribution in [-0.2, 0) is 0 Å². The molecule has 2 aromatic rings. The Morgan fingerprint density at radius 3 is 2.96 bits per heavy atom. The maximum atomic E-state index is 14.4. The van der Waals surface area contributed by atoms with E-state index in [4.69, 9.17) is 16.9 Å². The number of halogens is 2. The number of aromatic nitrogens is 3. The average molecular weight is 397 g/mol. The zero-order valence-electron chi connectivity index (χ0n) is 13.7. The normalized spacial score (nSPS) is 17.4. The Balaban J connectivity index is 2.06. The number of pyridine rings is 1. The number of nitriles is 1. The van der Waals surface area contributed by atoms with Crippen LogP contribution in [0.15, 0.2) is 11.4 Å². The number of rotatable bonds is 3. The summed E-state index contributed by atoms with van der Waals surface area (Å²) in [5.74, 6) is -0.267. The number of carboxylic acid groups (broad SMARTS) is 1. The van der Waals surface area contributed by atoms with Gasteiger partial charge in [-0.3, -0.25) is 0 Å². The van der Waals surface area contributed by atoms with Crippen LogP contribution in [0.5, 0.6) is 0 Å². The summed E-state index contributed by atoms with van der Waals surface area (Å²) in [5.41, 5.74) is 0.0665. The zero-order valence-corrected chi connectivity index (χ0v) is 15.3. The fourth-order valence-corrected chi connectivity index (χ4v) is 3.41. The van der Waals surface area contributed by atoms with Crippen LogP contribution < -0.4 is 4.90 Å². The van der Waals surface area contributed by atoms with Gasteiger partial charge in [-0.25, -0.2) is 24.1 Å². The number of anilines is 1. The fourth-order valence-electron chi connectivity index (χ4n) is 2.91. The highest BCUT2D eigenvalue weighted by molar-refractivity contribution is 7.98. The maximum absolute atomic E-state index is 14.4. The number of thioether (sulfide) groups is 1. The molecular formula is C15H14ClFN6O2S. The van der Waals surface area contributed by atoms with Gasteiger partial charge < -0.3 is 14.9 Å². The predicted octanol–water partition coefficient (Wildman–Crippen LogP) is 2.62. The number of nitrogens with zero attached hydrogens (tertiary/aromatic N) is 6. The van der Waals surface area contributed by atoms with Crippen molar-refractivity contribution in [2.45, 2.75) is 17.6 Å². The summed E-state index contributed by atoms with van der Waals surface area (Å²) < 4.78 is 14.4. The molecule has 2 aromatic heterocycles. The van der Waals surface area contributed by atoms with Crippen LogP contribution in [0.3, 0.4) is 0 Å². The molecule has 0 spiro atoms. The summed E-state index contributed by atoms with van der Waals surface area (Å²) in [6.45, 7) is 0.841. The van der Waals surface area contributed by atoms with Crippen molar-refractivity contribution < 1.29 is 14.3 Å². The van der Waals surface area contributed by atoms with Crippen LogP contribution in [0, 0.1) is 17.1 Å². The molecule has 1 fully saturated rings. The summed E-state index contributed by atoms with van der Waals surface area (Å²) in [5, 5.41) is 18.8. The highest BCUT2D eigenvalue weighted by Crippen LogP contribution is 2.31. The Morgan fingerprint density at radius 2 is 2.31 bits per heavy atom. The lowest BCUT2D eigenvalue weighted by molar-refractivity contribution is 0.119. The smallest absolute Gasteiger partial charge is 0.407 e. The van der Waals surface area contributed by atoms with E-state index >= 15 is 0 Å². The molecule has 1 aliphatic rings. The standard InChI is InChI=1S/C15H14ClFN6O2S/c1-26-14-20-11-9(6-19-12(16)10(11)17)13(21-14)22-4-5-23(15(24)25)8(7-22)2-3-18/h6,8H,2,4-5,7H2,1H3,(H,24,25). The summed E-state index contributed by atoms with van der Waals surface area (Å²) >= 11 is 7.02. The molecule has 1 aliphatic heterocycles. The second-order valence-corrected chi connectivity index (χ2v) is 6.73. The summed E-state index contributed by atoms with van der Waals surface area (Å²) in [4.78, 5) is 26.9. The molecule has 3 rings (SSSR count). The summed E-state index contributed by atoms with van der Waals surface area (Å²) in [6.07, 6.45) is 2.16. The maximum Gasteiger partial charge on any atom is 0.407 e. The van der Waals surface area contributed by atoms with Gasteiger partial charge in [-0.1, -0.05) is 23.4 Å². The van der Waals surface area contributed by atoms with E-state index in [9.17, 15) is 14.3 Å². The first-order valence-electron chi connectivity index (χ1n) is 7.63. The molecule has 1 unspecified atom stereocenters. The zero-order chi connectivity index (χ0) is 18.8. The number of carbonyl (C=O) groups is 1. The minimum absolute atomic E-state index is 0.0552. The van der Waals surface area contributed by atoms with Crippen molar-refractivity contribution in [2.75, 3.05) is 30.8 Å². The highest BCUT2D eigenvalue weighted by Gasteiger charge is 2.32. The molecule has 0 saturated carbocycles. The average Bonchev–Trinajstić information content (AvgIpc) is 2.64. The fraction of sp³-hybridized carbons (Fsp3) is 0.400. The van der Waals surface area contributed by atoms with Crippen molar-refractivity contribution in [1.29, 1.82) is 5.26 Å². The number of amides is 1. The van der Waals surface area contributed by atoms with E-state index in [2.05, 4.69) is 15.0 Å². The molecule has 0 aliphatic carbocycles. The van der Waals surface area contributed by atoms with Gasteiger partial charge in [0.05, 0.1) is 23.9 Å². The molecule has 0 aromatic carbocycles. The molecule has 8 nitrogen and oxygen atoms in total. The molecule has 0 bridgehead atoms. The van der Waals surface area contributed by atoms with E-state index < -0.39 is 18.0 Å². The van der Waals surface area contributed by atoms with Gasteiger partial charge in [0, 0.05) is 25.8 Å². The summed E-state index contributed by atoms with van der Waals surface area (Å²) in [6, 6.07) is 1.51. The largest absolute Gasteiger partial charge is 0.465 e. The Labute approximate surface area is 157 Å². The van der Waals surface area contributed by atoms with E-state index in [1.54, 1.807) is 6.26 Å². The Hall–Kier alpha value is -2.38. The van der Waals surface area contributed by atoms with Crippen molar-refractivity contribution in [3.8, 4) is 6.07 Å². The SMILES string of the molecule is CSc1nc(N2CCN(C(=O)O)C(CC#N)C2)c2cnc(Cl)c(F)c2n1. The second kappa shape index (κ2) is 7.47. The van der Waals surface area contributed by atoms with Crippen LogP contribution in [-0.4, -0.2) is 63.0 Å². The topological polar surface area (TPSA) is 106 Å². The van der Waals surface area contributed by atoms with Crippen molar-refractivity contribution in [2.24, 2.45) is 0 Å². The van der Waals surface area contributed by atoms with Crippen molar-refractivity contribution >= 4 is 46.2 Å². The van der Waals surface area contributed by atoms with Gasteiger partial charge in [0.25, 0.3) is 0 Å². The molecule has 11 heteroatoms. The number of piperazine rings is 1. The van der Waals surface area contributed by atoms with Crippen molar-refractivity contribution in [3.63, 3.8) is 0 Å². The summed E-state index contributed by atoms with van der Waals surface area (Å²) in [7, 11) is 0. The van der Waals surface area contributed by atoms with Gasteiger partial charge in [-0.15, -0.1) is 0 Å². The van der Waals surface area contributed by atoms with Gasteiger partial charge in [0.1, 0.15) is 11.3 Å². The molecule has 1 amide bonds. The van der Waals surface area contributed by atoms with Crippen LogP contribution in [0.4, 0.5) is 15.0 Å². The molecule has 136 valence electrons. The number of fused-ring (bicyclic) bond motifs is 1. The monoisotopic (exact) mass is 396 g/mol. The van der Waals surface area contributed by atoms with E-state index in [0.717, 1.165) is 0 Å². The quantitative estimate of drug-likeness (QED) is 0.479. The lowest BCUT2D eigenvalue weighted by atomic mass is 10.1. The van der Waals surface area contributed by atoms with Gasteiger partial charge in [-0.05, 0) is 6.26 Å². The number of hydrogen-bond donors (Lipinski definition) is 1. The van der Waals surface area contributed by atoms with E-state index in [0.29, 0.717) is 22.9 Å². The third-order valence-electron chi connectivity index (χ3n) is 4.14. The van der Waals surface area contributed by atoms with E-state index in [1.807, 2.05) is 11.0 Å². The number of hydrogen-bond acceptors (Lipinski definition) is 7. The highest BCUT2D eigenvalue weighted by atomic mass is 35.5. The Kier molecular flexibility index (Phi) is 5.29. The first kappa shape index (κ1) is 18.4. The van der Waals surface area contributed by atoms with Crippen LogP contribution >= 0.6 is 23.4 Å². The van der Waals surface area contributed by atoms with E-state index in [-0.39, 0.29) is 30.2 Å². The predicted molar refractivity (Wildman–Crippen MR) is 95.0 cm³/mol. The first-order chi connectivity index (χ1) is 12.5. The minimum Gasteiger partial charge on any atom is -0.465 e. The van der Waals surface area contributed by atoms with E-state index in [1.165, 1.54) is 22.9 Å². The van der Waals surface area contributed by atoms with Crippen LogP contribution in [0.2, 0.25) is 5.15 Å². The van der Waals surface area contributed by atoms with Gasteiger partial charge >= 0.3 is 6.09 Å². The molecule has 26 heavy (non-hydrogen) atoms. The molecule has 0 radical (unpaired) electrons. The third kappa shape index (κ3) is 3.32. The van der Waals surface area contributed by atoms with Crippen molar-refractivity contribution in [1.82, 2.24) is 19.9 Å². The van der Waals surface area contributed by atoms with Gasteiger partial charge in [0.15, 0.2) is 16.1 Å². The third-order valence-corrected chi connectivity index (χ3v) is 4.95. The van der Waals surface area contributed by atoms with Gasteiger partial charge in [0.2, 0.25) is 0 Å². The van der Waals surface area contributed by atoms with Crippen molar-refractivity contribution in [3.05, 3.63) is 17.2 Å². The lowest BCUT2D eigenvalue weighted by Crippen LogP contribution is -2.55. The van der Waals surface area contributed by atoms with Gasteiger partial charge in [-0.2, -0.15) is 5.26 Å². The molecule has 3 heterocycles.